The summed E-state index contributed by atoms with van der Waals surface area (Å²) in [7, 11) is 0. The van der Waals surface area contributed by atoms with E-state index in [0.29, 0.717) is 5.78 Å². The van der Waals surface area contributed by atoms with Crippen LogP contribution in [-0.4, -0.2) is 5.78 Å². The number of carbonyl (C=O) groups is 1. The van der Waals surface area contributed by atoms with Gasteiger partial charge in [-0.05, 0) is 31.8 Å². The molecule has 1 rings (SSSR count). The van der Waals surface area contributed by atoms with E-state index in [0.717, 1.165) is 24.8 Å². The largest absolute Gasteiger partial charge is 0.295 e. The van der Waals surface area contributed by atoms with Gasteiger partial charge in [-0.3, -0.25) is 4.79 Å². The maximum Gasteiger partial charge on any atom is 0.158 e. The van der Waals surface area contributed by atoms with Gasteiger partial charge < -0.3 is 0 Å². The van der Waals surface area contributed by atoms with E-state index >= 15 is 0 Å². The molecule has 0 N–H and O–H groups in total. The Labute approximate surface area is 113 Å². The smallest absolute Gasteiger partial charge is 0.158 e. The summed E-state index contributed by atoms with van der Waals surface area (Å²) in [4.78, 5) is 11.8. The summed E-state index contributed by atoms with van der Waals surface area (Å²) >= 11 is 0. The van der Waals surface area contributed by atoms with Crippen LogP contribution in [0.4, 0.5) is 0 Å². The predicted octanol–water partition coefficient (Wildman–Crippen LogP) is 5.59. The standard InChI is InChI=1S/C17H30O/c1-16-14-12-10-8-6-4-2-3-5-7-9-11-13-15-17(16)18/h14H,2-13,15H2,1H3/b16-14-. The fraction of sp³-hybridized carbons (Fsp3) is 0.824. The van der Waals surface area contributed by atoms with E-state index in [1.165, 1.54) is 64.2 Å². The van der Waals surface area contributed by atoms with Crippen LogP contribution in [-0.2, 0) is 4.79 Å². The average Bonchev–Trinajstić information content (AvgIpc) is 2.37. The Bertz CT molecular complexity index is 252. The lowest BCUT2D eigenvalue weighted by molar-refractivity contribution is -0.115. The third kappa shape index (κ3) is 7.68. The van der Waals surface area contributed by atoms with Crippen molar-refractivity contribution in [2.24, 2.45) is 0 Å². The molecule has 0 aromatic carbocycles. The molecule has 0 spiro atoms. The predicted molar refractivity (Wildman–Crippen MR) is 78.8 cm³/mol. The van der Waals surface area contributed by atoms with Crippen LogP contribution in [0.1, 0.15) is 90.4 Å². The van der Waals surface area contributed by atoms with Crippen molar-refractivity contribution >= 4 is 5.78 Å². The topological polar surface area (TPSA) is 17.1 Å². The molecule has 1 nitrogen and oxygen atoms in total. The molecule has 1 aliphatic carbocycles. The lowest BCUT2D eigenvalue weighted by atomic mass is 10.0. The molecule has 104 valence electrons. The molecule has 0 atom stereocenters. The molecule has 0 saturated heterocycles. The number of Topliss-reactive ketones (excluding diaryl/α,β-unsaturated/α-hetero) is 1. The number of ketones is 1. The second kappa shape index (κ2) is 10.3. The monoisotopic (exact) mass is 250 g/mol. The third-order valence-electron chi connectivity index (χ3n) is 4.00. The molecule has 18 heavy (non-hydrogen) atoms. The van der Waals surface area contributed by atoms with Crippen molar-refractivity contribution in [3.63, 3.8) is 0 Å². The zero-order chi connectivity index (χ0) is 13.1. The van der Waals surface area contributed by atoms with Crippen LogP contribution >= 0.6 is 0 Å². The van der Waals surface area contributed by atoms with Crippen LogP contribution in [0, 0.1) is 0 Å². The van der Waals surface area contributed by atoms with Gasteiger partial charge in [0.15, 0.2) is 5.78 Å². The molecule has 0 fully saturated rings. The first-order valence-electron chi connectivity index (χ1n) is 8.00. The first kappa shape index (κ1) is 15.5. The Kier molecular flexibility index (Phi) is 8.89. The van der Waals surface area contributed by atoms with Crippen molar-refractivity contribution in [3.05, 3.63) is 11.6 Å². The minimum atomic E-state index is 0.377. The molecule has 0 aliphatic heterocycles. The maximum atomic E-state index is 11.8. The quantitative estimate of drug-likeness (QED) is 0.548. The fourth-order valence-electron chi connectivity index (χ4n) is 2.65. The zero-order valence-corrected chi connectivity index (χ0v) is 12.2. The summed E-state index contributed by atoms with van der Waals surface area (Å²) in [6.07, 6.45) is 18.6. The highest BCUT2D eigenvalue weighted by molar-refractivity contribution is 5.94. The van der Waals surface area contributed by atoms with Crippen molar-refractivity contribution in [2.45, 2.75) is 90.4 Å². The highest BCUT2D eigenvalue weighted by atomic mass is 16.1. The summed E-state index contributed by atoms with van der Waals surface area (Å²) in [5.74, 6) is 0.377. The molecule has 0 bridgehead atoms. The maximum absolute atomic E-state index is 11.8. The van der Waals surface area contributed by atoms with E-state index in [4.69, 9.17) is 0 Å². The minimum Gasteiger partial charge on any atom is -0.295 e. The molecule has 0 aromatic heterocycles. The van der Waals surface area contributed by atoms with Crippen molar-refractivity contribution in [3.8, 4) is 0 Å². The van der Waals surface area contributed by atoms with Crippen LogP contribution < -0.4 is 0 Å². The summed E-state index contributed by atoms with van der Waals surface area (Å²) in [6.45, 7) is 1.99. The van der Waals surface area contributed by atoms with Gasteiger partial charge in [0, 0.05) is 6.42 Å². The molecule has 0 amide bonds. The summed E-state index contributed by atoms with van der Waals surface area (Å²) < 4.78 is 0. The van der Waals surface area contributed by atoms with Gasteiger partial charge in [-0.15, -0.1) is 0 Å². The second-order valence-corrected chi connectivity index (χ2v) is 5.74. The summed E-state index contributed by atoms with van der Waals surface area (Å²) in [5.41, 5.74) is 1.00. The molecule has 0 unspecified atom stereocenters. The average molecular weight is 250 g/mol. The molecule has 0 radical (unpaired) electrons. The van der Waals surface area contributed by atoms with E-state index in [9.17, 15) is 4.79 Å². The molecule has 0 heterocycles. The lowest BCUT2D eigenvalue weighted by Crippen LogP contribution is -1.99. The van der Waals surface area contributed by atoms with Gasteiger partial charge in [-0.2, -0.15) is 0 Å². The molecule has 0 saturated carbocycles. The van der Waals surface area contributed by atoms with Crippen molar-refractivity contribution in [1.82, 2.24) is 0 Å². The summed E-state index contributed by atoms with van der Waals surface area (Å²) in [6, 6.07) is 0. The van der Waals surface area contributed by atoms with Gasteiger partial charge in [-0.1, -0.05) is 63.9 Å². The van der Waals surface area contributed by atoms with E-state index in [2.05, 4.69) is 6.08 Å². The van der Waals surface area contributed by atoms with Crippen LogP contribution in [0.15, 0.2) is 11.6 Å². The number of hydrogen-bond donors (Lipinski definition) is 0. The van der Waals surface area contributed by atoms with Gasteiger partial charge in [0.2, 0.25) is 0 Å². The van der Waals surface area contributed by atoms with E-state index in [-0.39, 0.29) is 0 Å². The molecular weight excluding hydrogens is 220 g/mol. The molecular formula is C17H30O. The molecule has 1 aliphatic rings. The van der Waals surface area contributed by atoms with Gasteiger partial charge in [0.1, 0.15) is 0 Å². The van der Waals surface area contributed by atoms with Crippen LogP contribution in [0.5, 0.6) is 0 Å². The highest BCUT2D eigenvalue weighted by Gasteiger charge is 2.04. The van der Waals surface area contributed by atoms with Crippen LogP contribution in [0.3, 0.4) is 0 Å². The number of carbonyl (C=O) groups excluding carboxylic acids is 1. The SMILES string of the molecule is C/C1=C/CCCCCCCCCCCCCC1=O. The van der Waals surface area contributed by atoms with Crippen LogP contribution in [0.25, 0.3) is 0 Å². The van der Waals surface area contributed by atoms with E-state index in [1.54, 1.807) is 0 Å². The first-order valence-corrected chi connectivity index (χ1v) is 8.00. The highest BCUT2D eigenvalue weighted by Crippen LogP contribution is 2.15. The van der Waals surface area contributed by atoms with E-state index < -0.39 is 0 Å². The Morgan fingerprint density at radius 1 is 0.722 bits per heavy atom. The van der Waals surface area contributed by atoms with Crippen molar-refractivity contribution < 1.29 is 4.79 Å². The Hall–Kier alpha value is -0.590. The van der Waals surface area contributed by atoms with E-state index in [1.807, 2.05) is 6.92 Å². The zero-order valence-electron chi connectivity index (χ0n) is 12.2. The van der Waals surface area contributed by atoms with Gasteiger partial charge in [0.25, 0.3) is 0 Å². The van der Waals surface area contributed by atoms with Gasteiger partial charge >= 0.3 is 0 Å². The molecule has 1 heteroatoms. The third-order valence-corrected chi connectivity index (χ3v) is 4.00. The van der Waals surface area contributed by atoms with Gasteiger partial charge in [-0.25, -0.2) is 0 Å². The number of allylic oxidation sites excluding steroid dienone is 2. The Morgan fingerprint density at radius 2 is 1.17 bits per heavy atom. The number of rotatable bonds is 0. The van der Waals surface area contributed by atoms with Crippen molar-refractivity contribution in [1.29, 1.82) is 0 Å². The summed E-state index contributed by atoms with van der Waals surface area (Å²) in [5, 5.41) is 0. The van der Waals surface area contributed by atoms with Gasteiger partial charge in [0.05, 0.1) is 0 Å². The minimum absolute atomic E-state index is 0.377. The lowest BCUT2D eigenvalue weighted by Gasteiger charge is -2.05. The first-order chi connectivity index (χ1) is 8.80. The number of hydrogen-bond acceptors (Lipinski definition) is 1. The second-order valence-electron chi connectivity index (χ2n) is 5.74. The Morgan fingerprint density at radius 3 is 1.72 bits per heavy atom. The fourth-order valence-corrected chi connectivity index (χ4v) is 2.65. The molecule has 0 aromatic rings. The van der Waals surface area contributed by atoms with Crippen LogP contribution in [0.2, 0.25) is 0 Å². The Balaban J connectivity index is 2.31. The normalized spacial score (nSPS) is 25.4. The van der Waals surface area contributed by atoms with Crippen molar-refractivity contribution in [2.75, 3.05) is 0 Å².